The van der Waals surface area contributed by atoms with Gasteiger partial charge in [0, 0.05) is 47.5 Å². The Labute approximate surface area is 200 Å². The molecular weight excluding hydrogens is 477 g/mol. The lowest BCUT2D eigenvalue weighted by Gasteiger charge is -2.63. The van der Waals surface area contributed by atoms with E-state index < -0.39 is 56.5 Å². The molecule has 0 aliphatic heterocycles. The average molecular weight is 536 g/mol. The second-order valence-corrected chi connectivity index (χ2v) is 56.7. The minimum absolute atomic E-state index is 0.826. The van der Waals surface area contributed by atoms with Crippen LogP contribution in [0.1, 0.15) is 13.8 Å². The fourth-order valence-electron chi connectivity index (χ4n) is 7.83. The van der Waals surface area contributed by atoms with Gasteiger partial charge in [-0.25, -0.2) is 0 Å². The van der Waals surface area contributed by atoms with Crippen LogP contribution < -0.4 is 0 Å². The molecule has 30 heavy (non-hydrogen) atoms. The van der Waals surface area contributed by atoms with Gasteiger partial charge in [-0.2, -0.15) is 0 Å². The van der Waals surface area contributed by atoms with Gasteiger partial charge in [-0.3, -0.25) is 0 Å². The Balaban J connectivity index is 7.69. The number of rotatable bonds is 11. The summed E-state index contributed by atoms with van der Waals surface area (Å²) in [6.45, 7) is 45.9. The second-order valence-electron chi connectivity index (χ2n) is 15.8. The van der Waals surface area contributed by atoms with E-state index in [4.69, 9.17) is 4.43 Å². The van der Waals surface area contributed by atoms with Crippen molar-refractivity contribution < 1.29 is 4.43 Å². The molecule has 0 aliphatic carbocycles. The van der Waals surface area contributed by atoms with Gasteiger partial charge < -0.3 is 4.43 Å². The lowest BCUT2D eigenvalue weighted by Crippen LogP contribution is -2.77. The van der Waals surface area contributed by atoms with E-state index in [9.17, 15) is 0 Å². The molecule has 0 rings (SSSR count). The van der Waals surface area contributed by atoms with E-state index in [-0.39, 0.29) is 0 Å². The van der Waals surface area contributed by atoms with E-state index in [1.807, 2.05) is 0 Å². The first kappa shape index (κ1) is 31.5. The van der Waals surface area contributed by atoms with Crippen molar-refractivity contribution >= 4 is 56.5 Å². The predicted molar refractivity (Wildman–Crippen MR) is 163 cm³/mol. The molecule has 0 aliphatic rings. The Hall–Kier alpha value is 1.48. The molecule has 0 spiro atoms. The topological polar surface area (TPSA) is 9.23 Å². The second kappa shape index (κ2) is 9.99. The summed E-state index contributed by atoms with van der Waals surface area (Å²) in [5.74, 6) is 0. The molecule has 0 bridgehead atoms. The van der Waals surface area contributed by atoms with E-state index in [1.54, 1.807) is 0 Å². The van der Waals surface area contributed by atoms with Crippen LogP contribution in [0.25, 0.3) is 0 Å². The summed E-state index contributed by atoms with van der Waals surface area (Å²) in [5.41, 5.74) is 2.31. The van der Waals surface area contributed by atoms with Crippen LogP contribution in [0.3, 0.4) is 0 Å². The summed E-state index contributed by atoms with van der Waals surface area (Å²) < 4.78 is 6.88. The molecule has 181 valence electrons. The highest BCUT2D eigenvalue weighted by molar-refractivity contribution is 7.47. The van der Waals surface area contributed by atoms with E-state index in [0.717, 1.165) is 15.1 Å². The van der Waals surface area contributed by atoms with Gasteiger partial charge in [-0.1, -0.05) is 127 Å². The Morgan fingerprint density at radius 1 is 0.567 bits per heavy atom. The maximum Gasteiger partial charge on any atom is 0.193 e. The van der Waals surface area contributed by atoms with Gasteiger partial charge in [-0.05, 0) is 5.67 Å². The molecule has 0 aromatic carbocycles. The SMILES string of the molecule is CO[Si](C[Si](C)(C)C)[Si](C(C)C)(C([Si](C)(C)C)[Si](C)(C)C)C([Si](C)(C)C)[Si](C)(C)C. The smallest absolute Gasteiger partial charge is 0.193 e. The van der Waals surface area contributed by atoms with E-state index in [0.29, 0.717) is 0 Å². The zero-order chi connectivity index (χ0) is 24.7. The van der Waals surface area contributed by atoms with Crippen molar-refractivity contribution in [2.45, 2.75) is 133 Å². The van der Waals surface area contributed by atoms with Crippen LogP contribution in [-0.4, -0.2) is 63.6 Å². The summed E-state index contributed by atoms with van der Waals surface area (Å²) in [7, 11) is -7.12. The molecule has 0 amide bonds. The fourth-order valence-corrected chi connectivity index (χ4v) is 102. The van der Waals surface area contributed by atoms with Crippen LogP contribution >= 0.6 is 0 Å². The first-order valence-electron chi connectivity index (χ1n) is 12.2. The van der Waals surface area contributed by atoms with Crippen LogP contribution in [0.15, 0.2) is 0 Å². The Kier molecular flexibility index (Phi) is 10.5. The zero-order valence-corrected chi connectivity index (χ0v) is 31.3. The number of hydrogen-bond donors (Lipinski definition) is 0. The van der Waals surface area contributed by atoms with Crippen molar-refractivity contribution in [2.24, 2.45) is 0 Å². The van der Waals surface area contributed by atoms with Crippen molar-refractivity contribution in [1.29, 1.82) is 0 Å². The van der Waals surface area contributed by atoms with Crippen LogP contribution in [-0.2, 0) is 4.43 Å². The van der Waals surface area contributed by atoms with E-state index >= 15 is 0 Å². The molecule has 0 heterocycles. The van der Waals surface area contributed by atoms with Crippen molar-refractivity contribution in [3.8, 4) is 0 Å². The van der Waals surface area contributed by atoms with Crippen LogP contribution in [0, 0.1) is 0 Å². The Bertz CT molecular complexity index is 482. The van der Waals surface area contributed by atoms with Gasteiger partial charge in [0.15, 0.2) is 8.56 Å². The van der Waals surface area contributed by atoms with Crippen LogP contribution in [0.2, 0.25) is 119 Å². The number of hydrogen-bond acceptors (Lipinski definition) is 1. The molecule has 0 saturated heterocycles. The first-order chi connectivity index (χ1) is 12.8. The molecule has 1 nitrogen and oxygen atoms in total. The van der Waals surface area contributed by atoms with Crippen LogP contribution in [0.5, 0.6) is 0 Å². The lowest BCUT2D eigenvalue weighted by atomic mass is 10.6. The quantitative estimate of drug-likeness (QED) is 0.240. The van der Waals surface area contributed by atoms with Gasteiger partial charge in [0.1, 0.15) is 0 Å². The third kappa shape index (κ3) is 7.49. The van der Waals surface area contributed by atoms with E-state index in [2.05, 4.69) is 119 Å². The maximum atomic E-state index is 6.88. The predicted octanol–water partition coefficient (Wildman–Crippen LogP) is 8.69. The molecule has 0 saturated carbocycles. The molecule has 1 radical (unpaired) electrons. The largest absolute Gasteiger partial charge is 0.424 e. The highest BCUT2D eigenvalue weighted by Crippen LogP contribution is 2.57. The first-order valence-corrected chi connectivity index (χ1v) is 35.1. The summed E-state index contributed by atoms with van der Waals surface area (Å²) in [6.07, 6.45) is 0. The van der Waals surface area contributed by atoms with Gasteiger partial charge in [0.2, 0.25) is 0 Å². The minimum atomic E-state index is -1.75. The van der Waals surface area contributed by atoms with Crippen molar-refractivity contribution in [3.05, 3.63) is 0 Å². The lowest BCUT2D eigenvalue weighted by molar-refractivity contribution is 0.433. The van der Waals surface area contributed by atoms with Crippen molar-refractivity contribution in [1.82, 2.24) is 0 Å². The molecular formula is C22H59OSi7. The third-order valence-electron chi connectivity index (χ3n) is 6.80. The molecule has 0 fully saturated rings. The van der Waals surface area contributed by atoms with Gasteiger partial charge in [0.25, 0.3) is 0 Å². The van der Waals surface area contributed by atoms with E-state index in [1.165, 1.54) is 5.67 Å². The third-order valence-corrected chi connectivity index (χ3v) is 63.1. The van der Waals surface area contributed by atoms with Crippen molar-refractivity contribution in [2.75, 3.05) is 7.11 Å². The molecule has 0 aromatic rings. The average Bonchev–Trinajstić information content (AvgIpc) is 2.35. The fraction of sp³-hybridized carbons (Fsp3) is 1.00. The molecule has 0 aromatic heterocycles. The Morgan fingerprint density at radius 2 is 0.833 bits per heavy atom. The summed E-state index contributed by atoms with van der Waals surface area (Å²) in [5, 5.41) is 0. The highest BCUT2D eigenvalue weighted by atomic mass is 29.3. The Morgan fingerprint density at radius 3 is 0.967 bits per heavy atom. The van der Waals surface area contributed by atoms with Crippen molar-refractivity contribution in [3.63, 3.8) is 0 Å². The van der Waals surface area contributed by atoms with Gasteiger partial charge in [0.05, 0.1) is 7.59 Å². The maximum absolute atomic E-state index is 6.88. The normalized spacial score (nSPS) is 15.8. The van der Waals surface area contributed by atoms with Gasteiger partial charge in [-0.15, -0.1) is 0 Å². The van der Waals surface area contributed by atoms with Crippen LogP contribution in [0.4, 0.5) is 0 Å². The standard InChI is InChI=1S/C22H59OSi7/c1-20(2)30(24(23-3)19-25(4,5)6,21(26(7,8)9)27(10,11)12)22(28(13,14)15)29(16,17)18/h20-22H,19H2,1-18H3. The summed E-state index contributed by atoms with van der Waals surface area (Å²) in [6, 6.07) is 0. The molecule has 0 N–H and O–H groups in total. The summed E-state index contributed by atoms with van der Waals surface area (Å²) >= 11 is 0. The molecule has 0 unspecified atom stereocenters. The molecule has 8 heteroatoms. The minimum Gasteiger partial charge on any atom is -0.424 e. The van der Waals surface area contributed by atoms with Gasteiger partial charge >= 0.3 is 0 Å². The zero-order valence-electron chi connectivity index (χ0n) is 24.3. The molecule has 0 atom stereocenters. The highest BCUT2D eigenvalue weighted by Gasteiger charge is 2.67. The summed E-state index contributed by atoms with van der Waals surface area (Å²) in [4.78, 5) is 2.09. The monoisotopic (exact) mass is 535 g/mol.